The largest absolute Gasteiger partial charge is 0.479 e. The van der Waals surface area contributed by atoms with Gasteiger partial charge in [0.25, 0.3) is 0 Å². The Labute approximate surface area is 106 Å². The molecule has 1 aromatic carbocycles. The van der Waals surface area contributed by atoms with E-state index in [0.29, 0.717) is 5.56 Å². The quantitative estimate of drug-likeness (QED) is 0.757. The van der Waals surface area contributed by atoms with Crippen LogP contribution in [0.1, 0.15) is 25.0 Å². The highest BCUT2D eigenvalue weighted by atomic mass is 16.4. The molecule has 0 bridgehead atoms. The van der Waals surface area contributed by atoms with Crippen LogP contribution in [0.15, 0.2) is 24.3 Å². The first-order valence-corrected chi connectivity index (χ1v) is 5.69. The highest BCUT2D eigenvalue weighted by Crippen LogP contribution is 2.32. The molecule has 0 heterocycles. The van der Waals surface area contributed by atoms with Crippen molar-refractivity contribution in [3.05, 3.63) is 35.4 Å². The second-order valence-electron chi connectivity index (χ2n) is 4.57. The molecule has 1 aromatic rings. The minimum Gasteiger partial charge on any atom is -0.479 e. The van der Waals surface area contributed by atoms with Gasteiger partial charge < -0.3 is 16.2 Å². The summed E-state index contributed by atoms with van der Waals surface area (Å²) >= 11 is 0. The number of aryl methyl sites for hydroxylation is 1. The number of carbonyl (C=O) groups is 2. The number of aliphatic carboxylic acids is 1. The van der Waals surface area contributed by atoms with Gasteiger partial charge in [0, 0.05) is 0 Å². The van der Waals surface area contributed by atoms with E-state index >= 15 is 0 Å². The van der Waals surface area contributed by atoms with E-state index in [2.05, 4.69) is 5.32 Å². The lowest BCUT2D eigenvalue weighted by Gasteiger charge is -2.35. The molecule has 5 nitrogen and oxygen atoms in total. The molecule has 0 aliphatic carbocycles. The maximum atomic E-state index is 11.7. The Kier molecular flexibility index (Phi) is 3.96. The zero-order chi connectivity index (χ0) is 13.9. The van der Waals surface area contributed by atoms with Gasteiger partial charge >= 0.3 is 12.0 Å². The van der Waals surface area contributed by atoms with E-state index in [1.807, 2.05) is 6.07 Å². The van der Waals surface area contributed by atoms with Crippen LogP contribution in [0, 0.1) is 12.8 Å². The molecule has 0 saturated heterocycles. The van der Waals surface area contributed by atoms with E-state index in [4.69, 9.17) is 5.73 Å². The second kappa shape index (κ2) is 5.08. The zero-order valence-corrected chi connectivity index (χ0v) is 10.7. The first kappa shape index (κ1) is 14.0. The van der Waals surface area contributed by atoms with Crippen molar-refractivity contribution in [1.29, 1.82) is 0 Å². The SMILES string of the molecule is Cc1ccccc1C(NC(N)=O)(C(=O)O)C(C)C. The Bertz CT molecular complexity index is 471. The van der Waals surface area contributed by atoms with Gasteiger partial charge in [-0.25, -0.2) is 9.59 Å². The van der Waals surface area contributed by atoms with Gasteiger partial charge in [-0.3, -0.25) is 0 Å². The number of urea groups is 1. The van der Waals surface area contributed by atoms with E-state index in [9.17, 15) is 14.7 Å². The lowest BCUT2D eigenvalue weighted by Crippen LogP contribution is -2.57. The number of primary amides is 1. The summed E-state index contributed by atoms with van der Waals surface area (Å²) in [5, 5.41) is 11.9. The lowest BCUT2D eigenvalue weighted by molar-refractivity contribution is -0.147. The van der Waals surface area contributed by atoms with Crippen molar-refractivity contribution in [1.82, 2.24) is 5.32 Å². The molecule has 0 fully saturated rings. The van der Waals surface area contributed by atoms with Gasteiger partial charge in [-0.05, 0) is 24.0 Å². The third-order valence-corrected chi connectivity index (χ3v) is 3.09. The molecule has 0 aromatic heterocycles. The Morgan fingerprint density at radius 1 is 1.33 bits per heavy atom. The molecule has 0 aliphatic heterocycles. The number of rotatable bonds is 4. The number of nitrogens with two attached hydrogens (primary N) is 1. The van der Waals surface area contributed by atoms with Crippen LogP contribution >= 0.6 is 0 Å². The lowest BCUT2D eigenvalue weighted by atomic mass is 9.78. The van der Waals surface area contributed by atoms with Gasteiger partial charge in [-0.15, -0.1) is 0 Å². The fourth-order valence-corrected chi connectivity index (χ4v) is 2.15. The number of carbonyl (C=O) groups excluding carboxylic acids is 1. The summed E-state index contributed by atoms with van der Waals surface area (Å²) in [4.78, 5) is 22.8. The van der Waals surface area contributed by atoms with Gasteiger partial charge in [-0.2, -0.15) is 0 Å². The summed E-state index contributed by atoms with van der Waals surface area (Å²) in [5.41, 5.74) is 4.97. The number of amides is 2. The first-order chi connectivity index (χ1) is 8.32. The van der Waals surface area contributed by atoms with Crippen molar-refractivity contribution in [3.8, 4) is 0 Å². The molecule has 1 atom stereocenters. The highest BCUT2D eigenvalue weighted by molar-refractivity contribution is 5.87. The van der Waals surface area contributed by atoms with Crippen molar-refractivity contribution in [2.24, 2.45) is 11.7 Å². The molecule has 2 amide bonds. The van der Waals surface area contributed by atoms with E-state index in [1.54, 1.807) is 39.0 Å². The number of benzene rings is 1. The summed E-state index contributed by atoms with van der Waals surface area (Å²) in [6, 6.07) is 6.20. The van der Waals surface area contributed by atoms with Gasteiger partial charge in [-0.1, -0.05) is 38.1 Å². The first-order valence-electron chi connectivity index (χ1n) is 5.69. The van der Waals surface area contributed by atoms with Gasteiger partial charge in [0.05, 0.1) is 0 Å². The highest BCUT2D eigenvalue weighted by Gasteiger charge is 2.45. The monoisotopic (exact) mass is 250 g/mol. The van der Waals surface area contributed by atoms with E-state index < -0.39 is 17.5 Å². The van der Waals surface area contributed by atoms with Gasteiger partial charge in [0.1, 0.15) is 0 Å². The molecule has 1 unspecified atom stereocenters. The molecular formula is C13H18N2O3. The fourth-order valence-electron chi connectivity index (χ4n) is 2.15. The summed E-state index contributed by atoms with van der Waals surface area (Å²) in [6.07, 6.45) is 0. The Balaban J connectivity index is 3.49. The molecule has 1 rings (SSSR count). The maximum Gasteiger partial charge on any atom is 0.334 e. The standard InChI is InChI=1S/C13H18N2O3/c1-8(2)13(11(16)17,15-12(14)18)10-7-5-4-6-9(10)3/h4-8H,1-3H3,(H,16,17)(H3,14,15,18). The van der Waals surface area contributed by atoms with E-state index in [-0.39, 0.29) is 5.92 Å². The minimum atomic E-state index is -1.50. The molecule has 98 valence electrons. The van der Waals surface area contributed by atoms with Crippen LogP contribution in [0.2, 0.25) is 0 Å². The predicted octanol–water partition coefficient (Wildman–Crippen LogP) is 1.60. The summed E-state index contributed by atoms with van der Waals surface area (Å²) in [5.74, 6) is -1.46. The van der Waals surface area contributed by atoms with Crippen LogP contribution in [-0.4, -0.2) is 17.1 Å². The molecule has 0 saturated carbocycles. The van der Waals surface area contributed by atoms with Crippen molar-refractivity contribution >= 4 is 12.0 Å². The van der Waals surface area contributed by atoms with Gasteiger partial charge in [0.2, 0.25) is 0 Å². The Morgan fingerprint density at radius 2 is 1.89 bits per heavy atom. The fraction of sp³-hybridized carbons (Fsp3) is 0.385. The Morgan fingerprint density at radius 3 is 2.28 bits per heavy atom. The van der Waals surface area contributed by atoms with Crippen LogP contribution in [0.5, 0.6) is 0 Å². The number of hydrogen-bond donors (Lipinski definition) is 3. The normalized spacial score (nSPS) is 14.0. The Hall–Kier alpha value is -2.04. The molecule has 5 heteroatoms. The summed E-state index contributed by atoms with van der Waals surface area (Å²) in [7, 11) is 0. The van der Waals surface area contributed by atoms with Crippen LogP contribution in [0.25, 0.3) is 0 Å². The maximum absolute atomic E-state index is 11.7. The molecular weight excluding hydrogens is 232 g/mol. The molecule has 0 spiro atoms. The van der Waals surface area contributed by atoms with Crippen LogP contribution < -0.4 is 11.1 Å². The molecule has 0 radical (unpaired) electrons. The topological polar surface area (TPSA) is 92.4 Å². The predicted molar refractivity (Wildman–Crippen MR) is 68.0 cm³/mol. The number of hydrogen-bond acceptors (Lipinski definition) is 2. The van der Waals surface area contributed by atoms with Crippen LogP contribution in [0.4, 0.5) is 4.79 Å². The zero-order valence-electron chi connectivity index (χ0n) is 10.7. The smallest absolute Gasteiger partial charge is 0.334 e. The second-order valence-corrected chi connectivity index (χ2v) is 4.57. The van der Waals surface area contributed by atoms with Crippen LogP contribution in [0.3, 0.4) is 0 Å². The molecule has 4 N–H and O–H groups in total. The molecule has 18 heavy (non-hydrogen) atoms. The van der Waals surface area contributed by atoms with Crippen molar-refractivity contribution in [2.45, 2.75) is 26.3 Å². The number of carboxylic acid groups (broad SMARTS) is 1. The molecule has 0 aliphatic rings. The van der Waals surface area contributed by atoms with E-state index in [0.717, 1.165) is 5.56 Å². The summed E-state index contributed by atoms with van der Waals surface area (Å²) in [6.45, 7) is 5.27. The van der Waals surface area contributed by atoms with Crippen molar-refractivity contribution < 1.29 is 14.7 Å². The van der Waals surface area contributed by atoms with Gasteiger partial charge in [0.15, 0.2) is 5.54 Å². The average Bonchev–Trinajstić information content (AvgIpc) is 2.25. The third kappa shape index (κ3) is 2.30. The number of carboxylic acids is 1. The average molecular weight is 250 g/mol. The van der Waals surface area contributed by atoms with Crippen LogP contribution in [-0.2, 0) is 10.3 Å². The van der Waals surface area contributed by atoms with Crippen molar-refractivity contribution in [2.75, 3.05) is 0 Å². The number of nitrogens with one attached hydrogen (secondary N) is 1. The van der Waals surface area contributed by atoms with Crippen molar-refractivity contribution in [3.63, 3.8) is 0 Å². The summed E-state index contributed by atoms with van der Waals surface area (Å²) < 4.78 is 0. The third-order valence-electron chi connectivity index (χ3n) is 3.09. The minimum absolute atomic E-state index is 0.344. The van der Waals surface area contributed by atoms with E-state index in [1.165, 1.54) is 0 Å².